The number of hydrogen-bond donors (Lipinski definition) is 3. The topological polar surface area (TPSA) is 44.3 Å². The fourth-order valence-corrected chi connectivity index (χ4v) is 1.88. The number of aliphatic hydroxyl groups is 1. The highest BCUT2D eigenvalue weighted by atomic mass is 16.3. The Morgan fingerprint density at radius 3 is 2.46 bits per heavy atom. The Bertz CT molecular complexity index is 113. The third kappa shape index (κ3) is 5.24. The fraction of sp³-hybridized carbons (Fsp3) is 1.00. The van der Waals surface area contributed by atoms with Crippen LogP contribution in [0.15, 0.2) is 0 Å². The summed E-state index contributed by atoms with van der Waals surface area (Å²) in [5.41, 5.74) is 0. The van der Waals surface area contributed by atoms with Gasteiger partial charge in [0.15, 0.2) is 0 Å². The first-order valence-electron chi connectivity index (χ1n) is 5.48. The van der Waals surface area contributed by atoms with Gasteiger partial charge in [-0.3, -0.25) is 0 Å². The van der Waals surface area contributed by atoms with Crippen LogP contribution in [0.5, 0.6) is 0 Å². The van der Waals surface area contributed by atoms with Crippen molar-refractivity contribution in [3.63, 3.8) is 0 Å². The quantitative estimate of drug-likeness (QED) is 0.529. The van der Waals surface area contributed by atoms with Crippen molar-refractivity contribution >= 4 is 0 Å². The molecule has 0 aliphatic heterocycles. The molecule has 1 rings (SSSR count). The van der Waals surface area contributed by atoms with Crippen LogP contribution in [0.2, 0.25) is 0 Å². The standard InChI is InChI=1S/C10H22N2O/c13-9-8-11-6-7-12-10-4-2-1-3-5-10/h10-13H,1-9H2. The molecule has 3 nitrogen and oxygen atoms in total. The number of rotatable bonds is 6. The molecule has 13 heavy (non-hydrogen) atoms. The Morgan fingerprint density at radius 2 is 1.77 bits per heavy atom. The van der Waals surface area contributed by atoms with Crippen molar-refractivity contribution < 1.29 is 5.11 Å². The molecule has 0 unspecified atom stereocenters. The Balaban J connectivity index is 1.86. The zero-order valence-electron chi connectivity index (χ0n) is 8.39. The van der Waals surface area contributed by atoms with Crippen LogP contribution in [0, 0.1) is 0 Å². The number of aliphatic hydroxyl groups excluding tert-OH is 1. The van der Waals surface area contributed by atoms with E-state index in [1.807, 2.05) is 0 Å². The van der Waals surface area contributed by atoms with E-state index in [1.54, 1.807) is 0 Å². The molecule has 0 amide bonds. The molecule has 0 heterocycles. The van der Waals surface area contributed by atoms with E-state index >= 15 is 0 Å². The zero-order valence-corrected chi connectivity index (χ0v) is 8.39. The smallest absolute Gasteiger partial charge is 0.0555 e. The van der Waals surface area contributed by atoms with E-state index in [9.17, 15) is 0 Å². The zero-order chi connectivity index (χ0) is 9.36. The van der Waals surface area contributed by atoms with Crippen molar-refractivity contribution in [3.8, 4) is 0 Å². The van der Waals surface area contributed by atoms with Crippen molar-refractivity contribution in [2.45, 2.75) is 38.1 Å². The Morgan fingerprint density at radius 1 is 1.00 bits per heavy atom. The molecule has 1 fully saturated rings. The van der Waals surface area contributed by atoms with Crippen molar-refractivity contribution in [1.29, 1.82) is 0 Å². The maximum atomic E-state index is 8.53. The highest BCUT2D eigenvalue weighted by Gasteiger charge is 2.11. The van der Waals surface area contributed by atoms with Gasteiger partial charge in [0, 0.05) is 25.7 Å². The SMILES string of the molecule is OCCNCCNC1CCCCC1. The molecule has 0 spiro atoms. The van der Waals surface area contributed by atoms with Crippen LogP contribution < -0.4 is 10.6 Å². The van der Waals surface area contributed by atoms with Gasteiger partial charge in [-0.25, -0.2) is 0 Å². The molecule has 0 saturated heterocycles. The first-order valence-corrected chi connectivity index (χ1v) is 5.48. The second kappa shape index (κ2) is 7.30. The summed E-state index contributed by atoms with van der Waals surface area (Å²) in [5.74, 6) is 0. The van der Waals surface area contributed by atoms with Crippen molar-refractivity contribution in [1.82, 2.24) is 10.6 Å². The van der Waals surface area contributed by atoms with Crippen molar-refractivity contribution in [3.05, 3.63) is 0 Å². The van der Waals surface area contributed by atoms with Crippen LogP contribution >= 0.6 is 0 Å². The van der Waals surface area contributed by atoms with Gasteiger partial charge in [0.1, 0.15) is 0 Å². The van der Waals surface area contributed by atoms with Gasteiger partial charge in [0.05, 0.1) is 6.61 Å². The molecule has 1 saturated carbocycles. The van der Waals surface area contributed by atoms with E-state index in [2.05, 4.69) is 10.6 Å². The monoisotopic (exact) mass is 186 g/mol. The molecule has 1 aliphatic carbocycles. The first-order chi connectivity index (χ1) is 6.43. The van der Waals surface area contributed by atoms with Gasteiger partial charge in [-0.1, -0.05) is 19.3 Å². The molecule has 78 valence electrons. The summed E-state index contributed by atoms with van der Waals surface area (Å²) in [6.07, 6.45) is 6.89. The molecule has 3 N–H and O–H groups in total. The van der Waals surface area contributed by atoms with Gasteiger partial charge >= 0.3 is 0 Å². The van der Waals surface area contributed by atoms with Crippen LogP contribution in [-0.4, -0.2) is 37.4 Å². The van der Waals surface area contributed by atoms with Gasteiger partial charge < -0.3 is 15.7 Å². The molecule has 1 aliphatic rings. The minimum Gasteiger partial charge on any atom is -0.395 e. The van der Waals surface area contributed by atoms with Gasteiger partial charge in [0.25, 0.3) is 0 Å². The summed E-state index contributed by atoms with van der Waals surface area (Å²) in [4.78, 5) is 0. The van der Waals surface area contributed by atoms with E-state index in [0.717, 1.165) is 19.1 Å². The molecule has 0 aromatic heterocycles. The summed E-state index contributed by atoms with van der Waals surface area (Å²) in [6.45, 7) is 2.96. The van der Waals surface area contributed by atoms with Crippen molar-refractivity contribution in [2.24, 2.45) is 0 Å². The van der Waals surface area contributed by atoms with Gasteiger partial charge in [-0.2, -0.15) is 0 Å². The summed E-state index contributed by atoms with van der Waals surface area (Å²) in [7, 11) is 0. The first kappa shape index (κ1) is 11.0. The van der Waals surface area contributed by atoms with E-state index in [4.69, 9.17) is 5.11 Å². The van der Waals surface area contributed by atoms with Gasteiger partial charge in [0.2, 0.25) is 0 Å². The Labute approximate surface area is 80.9 Å². The van der Waals surface area contributed by atoms with Crippen LogP contribution in [0.4, 0.5) is 0 Å². The molecule has 0 atom stereocenters. The maximum Gasteiger partial charge on any atom is 0.0555 e. The number of hydrogen-bond acceptors (Lipinski definition) is 3. The summed E-state index contributed by atoms with van der Waals surface area (Å²) in [5, 5.41) is 15.2. The third-order valence-corrected chi connectivity index (χ3v) is 2.63. The molecule has 0 bridgehead atoms. The summed E-state index contributed by atoms with van der Waals surface area (Å²) >= 11 is 0. The highest BCUT2D eigenvalue weighted by Crippen LogP contribution is 2.16. The maximum absolute atomic E-state index is 8.53. The molecular weight excluding hydrogens is 164 g/mol. The normalized spacial score (nSPS) is 19.2. The van der Waals surface area contributed by atoms with E-state index in [-0.39, 0.29) is 6.61 Å². The van der Waals surface area contributed by atoms with E-state index in [1.165, 1.54) is 32.1 Å². The minimum atomic E-state index is 0.240. The minimum absolute atomic E-state index is 0.240. The lowest BCUT2D eigenvalue weighted by atomic mass is 9.95. The fourth-order valence-electron chi connectivity index (χ4n) is 1.88. The summed E-state index contributed by atoms with van der Waals surface area (Å²) in [6, 6.07) is 0.754. The van der Waals surface area contributed by atoms with Crippen LogP contribution in [0.1, 0.15) is 32.1 Å². The van der Waals surface area contributed by atoms with Crippen molar-refractivity contribution in [2.75, 3.05) is 26.2 Å². The lowest BCUT2D eigenvalue weighted by Crippen LogP contribution is -2.36. The molecule has 0 aromatic carbocycles. The predicted molar refractivity (Wildman–Crippen MR) is 54.8 cm³/mol. The lowest BCUT2D eigenvalue weighted by Gasteiger charge is -2.22. The lowest BCUT2D eigenvalue weighted by molar-refractivity contribution is 0.291. The average Bonchev–Trinajstić information content (AvgIpc) is 2.19. The molecule has 3 heteroatoms. The van der Waals surface area contributed by atoms with Gasteiger partial charge in [-0.15, -0.1) is 0 Å². The van der Waals surface area contributed by atoms with E-state index in [0.29, 0.717) is 6.54 Å². The summed E-state index contributed by atoms with van der Waals surface area (Å²) < 4.78 is 0. The molecular formula is C10H22N2O. The third-order valence-electron chi connectivity index (χ3n) is 2.63. The van der Waals surface area contributed by atoms with Crippen LogP contribution in [0.3, 0.4) is 0 Å². The van der Waals surface area contributed by atoms with Gasteiger partial charge in [-0.05, 0) is 12.8 Å². The van der Waals surface area contributed by atoms with Crippen LogP contribution in [0.25, 0.3) is 0 Å². The Hall–Kier alpha value is -0.120. The second-order valence-electron chi connectivity index (χ2n) is 3.76. The largest absolute Gasteiger partial charge is 0.395 e. The predicted octanol–water partition coefficient (Wildman–Crippen LogP) is 0.491. The molecule has 0 radical (unpaired) electrons. The molecule has 0 aromatic rings. The van der Waals surface area contributed by atoms with Crippen LogP contribution in [-0.2, 0) is 0 Å². The second-order valence-corrected chi connectivity index (χ2v) is 3.76. The highest BCUT2D eigenvalue weighted by molar-refractivity contribution is 4.71. The average molecular weight is 186 g/mol. The van der Waals surface area contributed by atoms with E-state index < -0.39 is 0 Å². The number of nitrogens with one attached hydrogen (secondary N) is 2. The Kier molecular flexibility index (Phi) is 6.15.